The molecule has 6 heteroatoms. The number of fused-ring (bicyclic) bond motifs is 1. The first kappa shape index (κ1) is 20.9. The van der Waals surface area contributed by atoms with Crippen LogP contribution in [0.25, 0.3) is 10.2 Å². The van der Waals surface area contributed by atoms with Crippen molar-refractivity contribution in [1.29, 1.82) is 0 Å². The first-order valence-electron chi connectivity index (χ1n) is 10.9. The van der Waals surface area contributed by atoms with Gasteiger partial charge in [-0.15, -0.1) is 11.3 Å². The minimum Gasteiger partial charge on any atom is -0.496 e. The lowest BCUT2D eigenvalue weighted by Crippen LogP contribution is -2.39. The predicted molar refractivity (Wildman–Crippen MR) is 124 cm³/mol. The number of ether oxygens (including phenoxy) is 1. The third-order valence-electron chi connectivity index (χ3n) is 6.10. The second kappa shape index (κ2) is 9.67. The zero-order valence-corrected chi connectivity index (χ0v) is 18.7. The maximum Gasteiger partial charge on any atom is 0.267 e. The number of nitrogens with zero attached hydrogens (tertiary/aromatic N) is 2. The smallest absolute Gasteiger partial charge is 0.267 e. The number of nitrogens with one attached hydrogen (secondary N) is 1. The van der Waals surface area contributed by atoms with Crippen molar-refractivity contribution in [2.75, 3.05) is 26.7 Å². The topological polar surface area (TPSA) is 46.5 Å². The molecule has 160 valence electrons. The highest BCUT2D eigenvalue weighted by Gasteiger charge is 2.19. The van der Waals surface area contributed by atoms with Crippen LogP contribution >= 0.6 is 11.3 Å². The van der Waals surface area contributed by atoms with Gasteiger partial charge in [-0.2, -0.15) is 0 Å². The van der Waals surface area contributed by atoms with Crippen LogP contribution in [0.3, 0.4) is 0 Å². The minimum absolute atomic E-state index is 0.00000871. The monoisotopic (exact) mass is 425 g/mol. The molecule has 3 heterocycles. The van der Waals surface area contributed by atoms with Crippen molar-refractivity contribution in [3.63, 3.8) is 0 Å². The maximum absolute atomic E-state index is 13.0. The van der Waals surface area contributed by atoms with Gasteiger partial charge in [0.25, 0.3) is 5.91 Å². The molecule has 0 unspecified atom stereocenters. The lowest BCUT2D eigenvalue weighted by Gasteiger charge is -2.33. The quantitative estimate of drug-likeness (QED) is 0.530. The van der Waals surface area contributed by atoms with Gasteiger partial charge in [0.1, 0.15) is 16.3 Å². The zero-order valence-electron chi connectivity index (χ0n) is 17.9. The van der Waals surface area contributed by atoms with E-state index in [4.69, 9.17) is 4.74 Å². The molecule has 30 heavy (non-hydrogen) atoms. The summed E-state index contributed by atoms with van der Waals surface area (Å²) in [4.78, 5) is 16.7. The number of hydrogen-bond donors (Lipinski definition) is 1. The Balaban J connectivity index is 1.43. The summed E-state index contributed by atoms with van der Waals surface area (Å²) in [6, 6.07) is 12.7. The molecule has 1 aliphatic heterocycles. The van der Waals surface area contributed by atoms with Crippen molar-refractivity contribution in [2.45, 2.75) is 45.2 Å². The molecule has 0 aliphatic carbocycles. The SMILES string of the molecule is COc1ccccc1Cn1c(C(=O)NCCCN2CCCC[C@@H]2C)cc2ccsc21. The van der Waals surface area contributed by atoms with E-state index < -0.39 is 0 Å². The van der Waals surface area contributed by atoms with Gasteiger partial charge in [0.05, 0.1) is 13.7 Å². The first-order chi connectivity index (χ1) is 14.7. The standard InChI is InChI=1S/C24H31N3O2S/c1-18-8-5-6-13-26(18)14-7-12-25-23(28)21-16-19-11-15-30-24(19)27(21)17-20-9-3-4-10-22(20)29-2/h3-4,9-11,15-16,18H,5-8,12-14,17H2,1-2H3,(H,25,28)/t18-/m0/s1. The molecule has 0 saturated carbocycles. The summed E-state index contributed by atoms with van der Waals surface area (Å²) in [7, 11) is 1.69. The van der Waals surface area contributed by atoms with E-state index >= 15 is 0 Å². The van der Waals surface area contributed by atoms with Crippen LogP contribution in [0.4, 0.5) is 0 Å². The van der Waals surface area contributed by atoms with E-state index in [9.17, 15) is 4.79 Å². The average molecular weight is 426 g/mol. The normalized spacial score (nSPS) is 17.3. The zero-order chi connectivity index (χ0) is 20.9. The predicted octanol–water partition coefficient (Wildman–Crippen LogP) is 4.75. The molecule has 5 nitrogen and oxygen atoms in total. The minimum atomic E-state index is -0.00000871. The first-order valence-corrected chi connectivity index (χ1v) is 11.8. The van der Waals surface area contributed by atoms with Crippen LogP contribution in [0.2, 0.25) is 0 Å². The van der Waals surface area contributed by atoms with Gasteiger partial charge in [0.15, 0.2) is 0 Å². The Bertz CT molecular complexity index is 993. The Morgan fingerprint density at radius 2 is 2.13 bits per heavy atom. The maximum atomic E-state index is 13.0. The van der Waals surface area contributed by atoms with E-state index in [-0.39, 0.29) is 5.91 Å². The van der Waals surface area contributed by atoms with Crippen LogP contribution in [-0.2, 0) is 6.54 Å². The molecule has 2 aromatic heterocycles. The van der Waals surface area contributed by atoms with Gasteiger partial charge in [0, 0.05) is 30.1 Å². The highest BCUT2D eigenvalue weighted by Crippen LogP contribution is 2.28. The van der Waals surface area contributed by atoms with E-state index in [0.717, 1.165) is 34.5 Å². The summed E-state index contributed by atoms with van der Waals surface area (Å²) in [5, 5.41) is 6.33. The van der Waals surface area contributed by atoms with E-state index in [1.165, 1.54) is 25.8 Å². The third-order valence-corrected chi connectivity index (χ3v) is 7.06. The second-order valence-corrected chi connectivity index (χ2v) is 8.99. The van der Waals surface area contributed by atoms with Crippen LogP contribution in [-0.4, -0.2) is 48.2 Å². The van der Waals surface area contributed by atoms with E-state index in [2.05, 4.69) is 39.2 Å². The fourth-order valence-electron chi connectivity index (χ4n) is 4.39. The van der Waals surface area contributed by atoms with Crippen LogP contribution in [0.1, 0.15) is 48.7 Å². The molecule has 0 bridgehead atoms. The van der Waals surface area contributed by atoms with E-state index in [0.29, 0.717) is 24.8 Å². The van der Waals surface area contributed by atoms with Gasteiger partial charge in [-0.1, -0.05) is 24.6 Å². The van der Waals surface area contributed by atoms with Crippen LogP contribution in [0.15, 0.2) is 41.8 Å². The van der Waals surface area contributed by atoms with Gasteiger partial charge in [0.2, 0.25) is 0 Å². The van der Waals surface area contributed by atoms with Gasteiger partial charge in [-0.05, 0) is 56.3 Å². The Kier molecular flexibility index (Phi) is 6.75. The van der Waals surface area contributed by atoms with Gasteiger partial charge < -0.3 is 19.5 Å². The van der Waals surface area contributed by atoms with Gasteiger partial charge in [-0.25, -0.2) is 0 Å². The number of aromatic nitrogens is 1. The highest BCUT2D eigenvalue weighted by molar-refractivity contribution is 7.16. The molecule has 0 spiro atoms. The lowest BCUT2D eigenvalue weighted by atomic mass is 10.0. The van der Waals surface area contributed by atoms with Crippen LogP contribution in [0.5, 0.6) is 5.75 Å². The Morgan fingerprint density at radius 3 is 2.97 bits per heavy atom. The number of carbonyl (C=O) groups excluding carboxylic acids is 1. The molecule has 1 saturated heterocycles. The molecule has 1 aromatic carbocycles. The van der Waals surface area contributed by atoms with Crippen molar-refractivity contribution in [1.82, 2.24) is 14.8 Å². The molecule has 4 rings (SSSR count). The fraction of sp³-hybridized carbons (Fsp3) is 0.458. The van der Waals surface area contributed by atoms with E-state index in [1.807, 2.05) is 24.3 Å². The van der Waals surface area contributed by atoms with Crippen LogP contribution in [0, 0.1) is 0 Å². The second-order valence-electron chi connectivity index (χ2n) is 8.10. The number of amides is 1. The van der Waals surface area contributed by atoms with Gasteiger partial charge in [-0.3, -0.25) is 4.79 Å². The summed E-state index contributed by atoms with van der Waals surface area (Å²) >= 11 is 1.67. The summed E-state index contributed by atoms with van der Waals surface area (Å²) < 4.78 is 7.63. The Hall–Kier alpha value is -2.31. The molecule has 1 amide bonds. The van der Waals surface area contributed by atoms with Crippen molar-refractivity contribution in [2.24, 2.45) is 0 Å². The highest BCUT2D eigenvalue weighted by atomic mass is 32.1. The number of likely N-dealkylation sites (tertiary alicyclic amines) is 1. The number of piperidine rings is 1. The summed E-state index contributed by atoms with van der Waals surface area (Å²) in [6.45, 7) is 5.87. The molecule has 1 atom stereocenters. The molecular formula is C24H31N3O2S. The van der Waals surface area contributed by atoms with Crippen molar-refractivity contribution in [3.05, 3.63) is 53.0 Å². The molecule has 1 aliphatic rings. The van der Waals surface area contributed by atoms with Crippen molar-refractivity contribution >= 4 is 27.5 Å². The van der Waals surface area contributed by atoms with Crippen molar-refractivity contribution in [3.8, 4) is 5.75 Å². The Labute approximate surface area is 182 Å². The number of para-hydroxylation sites is 1. The summed E-state index contributed by atoms with van der Waals surface area (Å²) in [6.07, 6.45) is 4.91. The molecule has 1 N–H and O–H groups in total. The largest absolute Gasteiger partial charge is 0.496 e. The van der Waals surface area contributed by atoms with Crippen LogP contribution < -0.4 is 10.1 Å². The van der Waals surface area contributed by atoms with Crippen molar-refractivity contribution < 1.29 is 9.53 Å². The number of carbonyl (C=O) groups is 1. The Morgan fingerprint density at radius 1 is 1.27 bits per heavy atom. The molecule has 1 fully saturated rings. The number of hydrogen-bond acceptors (Lipinski definition) is 4. The molecule has 0 radical (unpaired) electrons. The number of benzene rings is 1. The van der Waals surface area contributed by atoms with E-state index in [1.54, 1.807) is 18.4 Å². The number of thiophene rings is 1. The number of methoxy groups -OCH3 is 1. The lowest BCUT2D eigenvalue weighted by molar-refractivity contribution is 0.0940. The summed E-state index contributed by atoms with van der Waals surface area (Å²) in [5.41, 5.74) is 1.79. The third kappa shape index (κ3) is 4.55. The molecular weight excluding hydrogens is 394 g/mol. The molecule has 3 aromatic rings. The average Bonchev–Trinajstić information content (AvgIpc) is 3.35. The fourth-order valence-corrected chi connectivity index (χ4v) is 5.29. The summed E-state index contributed by atoms with van der Waals surface area (Å²) in [5.74, 6) is 0.845. The van der Waals surface area contributed by atoms with Gasteiger partial charge >= 0.3 is 0 Å². The number of rotatable bonds is 8.